The number of aryl methyl sites for hydroxylation is 1. The van der Waals surface area contributed by atoms with Crippen LogP contribution in [0.4, 0.5) is 5.69 Å². The number of carboxylic acids is 2. The molecule has 0 saturated carbocycles. The zero-order valence-corrected chi connectivity index (χ0v) is 10.0. The molecule has 1 atom stereocenters. The molecule has 0 bridgehead atoms. The fourth-order valence-corrected chi connectivity index (χ4v) is 1.96. The Morgan fingerprint density at radius 1 is 1.28 bits per heavy atom. The van der Waals surface area contributed by atoms with Crippen molar-refractivity contribution in [1.82, 2.24) is 0 Å². The summed E-state index contributed by atoms with van der Waals surface area (Å²) in [4.78, 5) is 22.5. The molecule has 0 amide bonds. The van der Waals surface area contributed by atoms with Crippen LogP contribution in [0, 0.1) is 6.92 Å². The van der Waals surface area contributed by atoms with Crippen molar-refractivity contribution in [3.05, 3.63) is 35.4 Å². The highest BCUT2D eigenvalue weighted by atomic mass is 16.4. The molecule has 0 aliphatic carbocycles. The zero-order valence-electron chi connectivity index (χ0n) is 10.0. The molecule has 0 radical (unpaired) electrons. The van der Waals surface area contributed by atoms with Crippen LogP contribution in [0.3, 0.4) is 0 Å². The van der Waals surface area contributed by atoms with E-state index in [1.165, 1.54) is 13.0 Å². The molecule has 0 aromatic heterocycles. The van der Waals surface area contributed by atoms with Crippen LogP contribution in [0.5, 0.6) is 0 Å². The smallest absolute Gasteiger partial charge is 0.336 e. The van der Waals surface area contributed by atoms with Crippen LogP contribution in [-0.4, -0.2) is 27.7 Å². The summed E-state index contributed by atoms with van der Waals surface area (Å²) in [5, 5.41) is 21.2. The molecule has 5 nitrogen and oxygen atoms in total. The third kappa shape index (κ3) is 1.84. The summed E-state index contributed by atoms with van der Waals surface area (Å²) in [5.74, 6) is -2.25. The maximum absolute atomic E-state index is 11.2. The number of fused-ring (bicyclic) bond motifs is 1. The molecule has 5 heteroatoms. The van der Waals surface area contributed by atoms with Crippen LogP contribution in [0.25, 0.3) is 5.57 Å². The lowest BCUT2D eigenvalue weighted by molar-refractivity contribution is -0.140. The van der Waals surface area contributed by atoms with Crippen LogP contribution < -0.4 is 5.32 Å². The summed E-state index contributed by atoms with van der Waals surface area (Å²) >= 11 is 0. The van der Waals surface area contributed by atoms with Crippen LogP contribution in [0.2, 0.25) is 0 Å². The summed E-state index contributed by atoms with van der Waals surface area (Å²) in [5.41, 5.74) is 0.557. The standard InChI is InChI=1S/C13H13NO4/c1-7-3-4-10-8(5-7)9(11(15)16)6-13(2,14-10)12(17)18/h3-6,14H,1-2H3,(H,15,16)(H,17,18). The largest absolute Gasteiger partial charge is 0.479 e. The molecule has 1 aromatic carbocycles. The number of anilines is 1. The average molecular weight is 247 g/mol. The van der Waals surface area contributed by atoms with Gasteiger partial charge in [0.1, 0.15) is 0 Å². The number of aliphatic carboxylic acids is 2. The first-order chi connectivity index (χ1) is 8.33. The van der Waals surface area contributed by atoms with Crippen molar-refractivity contribution in [2.45, 2.75) is 19.4 Å². The molecule has 1 aromatic rings. The van der Waals surface area contributed by atoms with Crippen molar-refractivity contribution < 1.29 is 19.8 Å². The van der Waals surface area contributed by atoms with E-state index >= 15 is 0 Å². The molecule has 3 N–H and O–H groups in total. The Morgan fingerprint density at radius 2 is 1.94 bits per heavy atom. The molecule has 94 valence electrons. The molecule has 18 heavy (non-hydrogen) atoms. The van der Waals surface area contributed by atoms with E-state index in [0.29, 0.717) is 11.3 Å². The van der Waals surface area contributed by atoms with Crippen LogP contribution >= 0.6 is 0 Å². The van der Waals surface area contributed by atoms with Gasteiger partial charge in [0.2, 0.25) is 0 Å². The Balaban J connectivity index is 2.65. The van der Waals surface area contributed by atoms with Crippen molar-refractivity contribution in [2.75, 3.05) is 5.32 Å². The van der Waals surface area contributed by atoms with Gasteiger partial charge in [-0.15, -0.1) is 0 Å². The molecule has 1 aliphatic heterocycles. The van der Waals surface area contributed by atoms with E-state index in [0.717, 1.165) is 5.56 Å². The third-order valence-electron chi connectivity index (χ3n) is 2.97. The molecular formula is C13H13NO4. The van der Waals surface area contributed by atoms with Gasteiger partial charge in [-0.2, -0.15) is 0 Å². The number of nitrogens with one attached hydrogen (secondary N) is 1. The number of benzene rings is 1. The molecule has 1 aliphatic rings. The molecule has 2 rings (SSSR count). The second-order valence-corrected chi connectivity index (χ2v) is 4.54. The van der Waals surface area contributed by atoms with Gasteiger partial charge >= 0.3 is 11.9 Å². The second kappa shape index (κ2) is 3.87. The van der Waals surface area contributed by atoms with Crippen LogP contribution in [-0.2, 0) is 9.59 Å². The summed E-state index contributed by atoms with van der Waals surface area (Å²) in [6.07, 6.45) is 1.24. The summed E-state index contributed by atoms with van der Waals surface area (Å²) in [6.45, 7) is 3.28. The van der Waals surface area contributed by atoms with E-state index in [2.05, 4.69) is 5.32 Å². The van der Waals surface area contributed by atoms with Gasteiger partial charge in [0.15, 0.2) is 5.54 Å². The minimum Gasteiger partial charge on any atom is -0.479 e. The van der Waals surface area contributed by atoms with Gasteiger partial charge in [0.25, 0.3) is 0 Å². The van der Waals surface area contributed by atoms with Gasteiger partial charge < -0.3 is 15.5 Å². The van der Waals surface area contributed by atoms with Crippen molar-refractivity contribution in [2.24, 2.45) is 0 Å². The van der Waals surface area contributed by atoms with Crippen molar-refractivity contribution in [3.8, 4) is 0 Å². The predicted molar refractivity (Wildman–Crippen MR) is 66.5 cm³/mol. The summed E-state index contributed by atoms with van der Waals surface area (Å²) in [6, 6.07) is 5.23. The lowest BCUT2D eigenvalue weighted by Crippen LogP contribution is -2.44. The highest BCUT2D eigenvalue weighted by Crippen LogP contribution is 2.34. The molecule has 0 fully saturated rings. The van der Waals surface area contributed by atoms with Gasteiger partial charge in [-0.25, -0.2) is 9.59 Å². The van der Waals surface area contributed by atoms with Crippen molar-refractivity contribution in [1.29, 1.82) is 0 Å². The summed E-state index contributed by atoms with van der Waals surface area (Å²) in [7, 11) is 0. The predicted octanol–water partition coefficient (Wildman–Crippen LogP) is 1.73. The molecule has 0 spiro atoms. The van der Waals surface area contributed by atoms with Gasteiger partial charge in [0, 0.05) is 11.3 Å². The molecule has 0 saturated heterocycles. The van der Waals surface area contributed by atoms with Gasteiger partial charge in [-0.3, -0.25) is 0 Å². The monoisotopic (exact) mass is 247 g/mol. The number of hydrogen-bond donors (Lipinski definition) is 3. The third-order valence-corrected chi connectivity index (χ3v) is 2.97. The number of hydrogen-bond acceptors (Lipinski definition) is 3. The van der Waals surface area contributed by atoms with Gasteiger partial charge in [-0.1, -0.05) is 11.6 Å². The van der Waals surface area contributed by atoms with E-state index in [1.807, 2.05) is 6.92 Å². The SMILES string of the molecule is Cc1ccc2c(c1)C(C(=O)O)=CC(C)(C(=O)O)N2. The van der Waals surface area contributed by atoms with Crippen molar-refractivity contribution >= 4 is 23.2 Å². The minimum atomic E-state index is -1.41. The molecule has 1 heterocycles. The highest BCUT2D eigenvalue weighted by Gasteiger charge is 2.37. The van der Waals surface area contributed by atoms with Gasteiger partial charge in [0.05, 0.1) is 5.57 Å². The summed E-state index contributed by atoms with van der Waals surface area (Å²) < 4.78 is 0. The van der Waals surface area contributed by atoms with Crippen LogP contribution in [0.15, 0.2) is 24.3 Å². The van der Waals surface area contributed by atoms with E-state index in [9.17, 15) is 19.8 Å². The first kappa shape index (κ1) is 12.2. The van der Waals surface area contributed by atoms with E-state index in [-0.39, 0.29) is 5.57 Å². The van der Waals surface area contributed by atoms with Gasteiger partial charge in [-0.05, 0) is 32.1 Å². The fraction of sp³-hybridized carbons (Fsp3) is 0.231. The maximum Gasteiger partial charge on any atom is 0.336 e. The lowest BCUT2D eigenvalue weighted by atomic mass is 9.88. The van der Waals surface area contributed by atoms with Crippen LogP contribution in [0.1, 0.15) is 18.1 Å². The Hall–Kier alpha value is -2.30. The van der Waals surface area contributed by atoms with E-state index in [1.54, 1.807) is 18.2 Å². The Bertz CT molecular complexity index is 576. The Kier molecular flexibility index (Phi) is 2.62. The van der Waals surface area contributed by atoms with Crippen molar-refractivity contribution in [3.63, 3.8) is 0 Å². The number of carboxylic acid groups (broad SMARTS) is 2. The topological polar surface area (TPSA) is 86.6 Å². The normalized spacial score (nSPS) is 21.6. The fourth-order valence-electron chi connectivity index (χ4n) is 1.96. The molecular weight excluding hydrogens is 234 g/mol. The lowest BCUT2D eigenvalue weighted by Gasteiger charge is -2.30. The number of rotatable bonds is 2. The second-order valence-electron chi connectivity index (χ2n) is 4.54. The minimum absolute atomic E-state index is 0.0114. The van der Waals surface area contributed by atoms with E-state index < -0.39 is 17.5 Å². The highest BCUT2D eigenvalue weighted by molar-refractivity contribution is 6.19. The molecule has 1 unspecified atom stereocenters. The number of carbonyl (C=O) groups is 2. The first-order valence-corrected chi connectivity index (χ1v) is 5.42. The maximum atomic E-state index is 11.2. The first-order valence-electron chi connectivity index (χ1n) is 5.42. The zero-order chi connectivity index (χ0) is 13.5. The Labute approximate surface area is 104 Å². The van der Waals surface area contributed by atoms with E-state index in [4.69, 9.17) is 0 Å². The quantitative estimate of drug-likeness (QED) is 0.741. The Morgan fingerprint density at radius 3 is 2.50 bits per heavy atom. The average Bonchev–Trinajstić information content (AvgIpc) is 2.28.